The highest BCUT2D eigenvalue weighted by molar-refractivity contribution is 5.82. The number of pyridine rings is 1. The highest BCUT2D eigenvalue weighted by atomic mass is 19.3. The monoisotopic (exact) mass is 439 g/mol. The summed E-state index contributed by atoms with van der Waals surface area (Å²) in [5.74, 6) is -0.511. The van der Waals surface area contributed by atoms with Gasteiger partial charge in [0.1, 0.15) is 11.6 Å². The Labute approximate surface area is 177 Å². The summed E-state index contributed by atoms with van der Waals surface area (Å²) in [5.41, 5.74) is -2.11. The number of fused-ring (bicyclic) bond motifs is 1. The molecule has 0 saturated heterocycles. The van der Waals surface area contributed by atoms with Gasteiger partial charge in [-0.1, -0.05) is 6.92 Å². The van der Waals surface area contributed by atoms with E-state index in [1.165, 1.54) is 20.1 Å². The van der Waals surface area contributed by atoms with Crippen LogP contribution in [-0.2, 0) is 12.0 Å². The number of hydrogen-bond acceptors (Lipinski definition) is 4. The minimum Gasteiger partial charge on any atom is -0.496 e. The molecule has 0 spiro atoms. The van der Waals surface area contributed by atoms with E-state index in [2.05, 4.69) is 15.3 Å². The van der Waals surface area contributed by atoms with Gasteiger partial charge in [-0.2, -0.15) is 0 Å². The lowest BCUT2D eigenvalue weighted by atomic mass is 9.76. The van der Waals surface area contributed by atoms with Gasteiger partial charge in [0, 0.05) is 41.2 Å². The predicted octanol–water partition coefficient (Wildman–Crippen LogP) is 4.38. The van der Waals surface area contributed by atoms with Crippen molar-refractivity contribution >= 4 is 10.9 Å². The summed E-state index contributed by atoms with van der Waals surface area (Å²) in [6, 6.07) is 5.24. The Hall–Kier alpha value is -2.65. The number of nitrogens with one attached hydrogen (secondary N) is 2. The third-order valence-corrected chi connectivity index (χ3v) is 5.51. The normalized spacial score (nSPS) is 15.8. The smallest absolute Gasteiger partial charge is 0.280 e. The maximum absolute atomic E-state index is 14.1. The molecular formula is C22H25F4N3O2. The number of aliphatic hydroxyl groups is 1. The van der Waals surface area contributed by atoms with Gasteiger partial charge in [-0.15, -0.1) is 0 Å². The molecule has 0 aliphatic carbocycles. The Morgan fingerprint density at radius 3 is 2.61 bits per heavy atom. The molecule has 0 aliphatic heterocycles. The molecule has 2 atom stereocenters. The summed E-state index contributed by atoms with van der Waals surface area (Å²) in [4.78, 5) is 7.13. The summed E-state index contributed by atoms with van der Waals surface area (Å²) in [6.07, 6.45) is -0.649. The van der Waals surface area contributed by atoms with Crippen LogP contribution in [0.1, 0.15) is 30.2 Å². The van der Waals surface area contributed by atoms with Gasteiger partial charge in [-0.25, -0.2) is 13.2 Å². The zero-order valence-electron chi connectivity index (χ0n) is 17.5. The van der Waals surface area contributed by atoms with E-state index in [0.29, 0.717) is 5.69 Å². The van der Waals surface area contributed by atoms with Gasteiger partial charge in [0.25, 0.3) is 6.43 Å². The molecule has 9 heteroatoms. The van der Waals surface area contributed by atoms with Gasteiger partial charge in [-0.3, -0.25) is 14.7 Å². The van der Waals surface area contributed by atoms with Gasteiger partial charge in [0.05, 0.1) is 25.5 Å². The molecule has 31 heavy (non-hydrogen) atoms. The van der Waals surface area contributed by atoms with Gasteiger partial charge in [0.15, 0.2) is 5.72 Å². The number of alkyl halides is 3. The van der Waals surface area contributed by atoms with Crippen molar-refractivity contribution < 1.29 is 27.4 Å². The van der Waals surface area contributed by atoms with Crippen LogP contribution in [0.25, 0.3) is 10.9 Å². The Morgan fingerprint density at radius 2 is 2.00 bits per heavy atom. The van der Waals surface area contributed by atoms with E-state index in [1.807, 2.05) is 6.92 Å². The second kappa shape index (κ2) is 8.84. The Balaban J connectivity index is 1.88. The molecule has 0 amide bonds. The van der Waals surface area contributed by atoms with Crippen LogP contribution in [0.5, 0.6) is 5.75 Å². The second-order valence-electron chi connectivity index (χ2n) is 8.01. The largest absolute Gasteiger partial charge is 0.496 e. The van der Waals surface area contributed by atoms with E-state index < -0.39 is 36.5 Å². The first-order valence-electron chi connectivity index (χ1n) is 9.69. The number of nitrogens with zero attached hydrogens (tertiary/aromatic N) is 1. The first-order chi connectivity index (χ1) is 14.6. The minimum atomic E-state index is -3.23. The molecule has 2 unspecified atom stereocenters. The molecule has 2 aromatic heterocycles. The Morgan fingerprint density at radius 1 is 1.26 bits per heavy atom. The quantitative estimate of drug-likeness (QED) is 0.342. The summed E-state index contributed by atoms with van der Waals surface area (Å²) in [7, 11) is 1.32. The zero-order chi connectivity index (χ0) is 22.8. The lowest BCUT2D eigenvalue weighted by Gasteiger charge is -2.38. The average molecular weight is 439 g/mol. The average Bonchev–Trinajstić information content (AvgIpc) is 3.17. The molecule has 5 nitrogen and oxygen atoms in total. The van der Waals surface area contributed by atoms with Crippen LogP contribution in [-0.4, -0.2) is 41.0 Å². The number of methoxy groups -OCH3 is 1. The van der Waals surface area contributed by atoms with Crippen molar-refractivity contribution in [2.24, 2.45) is 0 Å². The predicted molar refractivity (Wildman–Crippen MR) is 110 cm³/mol. The fourth-order valence-electron chi connectivity index (χ4n) is 3.77. The third-order valence-electron chi connectivity index (χ3n) is 5.51. The van der Waals surface area contributed by atoms with E-state index in [4.69, 9.17) is 4.74 Å². The summed E-state index contributed by atoms with van der Waals surface area (Å²) in [5, 5.41) is 14.1. The van der Waals surface area contributed by atoms with Crippen molar-refractivity contribution in [2.45, 2.75) is 44.4 Å². The highest BCUT2D eigenvalue weighted by Gasteiger charge is 2.46. The van der Waals surface area contributed by atoms with Gasteiger partial charge < -0.3 is 14.8 Å². The van der Waals surface area contributed by atoms with Crippen molar-refractivity contribution in [2.75, 3.05) is 13.8 Å². The van der Waals surface area contributed by atoms with Crippen molar-refractivity contribution in [3.8, 4) is 5.75 Å². The molecule has 3 aromatic rings. The summed E-state index contributed by atoms with van der Waals surface area (Å²) < 4.78 is 61.0. The van der Waals surface area contributed by atoms with Crippen LogP contribution in [0, 0.1) is 12.7 Å². The maximum Gasteiger partial charge on any atom is 0.280 e. The van der Waals surface area contributed by atoms with Crippen molar-refractivity contribution in [3.63, 3.8) is 0 Å². The third kappa shape index (κ3) is 4.67. The fourth-order valence-corrected chi connectivity index (χ4v) is 3.77. The van der Waals surface area contributed by atoms with E-state index in [0.717, 1.165) is 28.6 Å². The summed E-state index contributed by atoms with van der Waals surface area (Å²) in [6.45, 7) is 1.98. The fraction of sp³-hybridized carbons (Fsp3) is 0.409. The SMILES string of the molecule is COc1ccc(F)cc1C(C)(CF)CC(O)(NCc1cc2c(C)cncc2[nH]1)C(F)F. The molecule has 0 saturated carbocycles. The number of benzene rings is 1. The number of aromatic nitrogens is 2. The number of halogens is 4. The number of rotatable bonds is 9. The standard InChI is InChI=1S/C22H25F4N3O2/c1-13-8-27-10-18-16(13)7-15(29-18)9-28-22(30,20(25)26)11-21(2,12-23)17-6-14(24)4-5-19(17)31-3/h4-8,10,20,28-30H,9,11-12H2,1-3H3. The minimum absolute atomic E-state index is 0.0608. The molecule has 0 aliphatic rings. The Kier molecular flexibility index (Phi) is 6.56. The van der Waals surface area contributed by atoms with E-state index >= 15 is 0 Å². The van der Waals surface area contributed by atoms with E-state index in [9.17, 15) is 22.7 Å². The number of aromatic amines is 1. The summed E-state index contributed by atoms with van der Waals surface area (Å²) >= 11 is 0. The molecule has 0 radical (unpaired) electrons. The number of ether oxygens (including phenoxy) is 1. The first-order valence-corrected chi connectivity index (χ1v) is 9.69. The van der Waals surface area contributed by atoms with Crippen LogP contribution in [0.15, 0.2) is 36.7 Å². The van der Waals surface area contributed by atoms with Crippen molar-refractivity contribution in [3.05, 3.63) is 59.3 Å². The molecule has 2 heterocycles. The Bertz CT molecular complexity index is 1060. The number of H-pyrrole nitrogens is 1. The van der Waals surface area contributed by atoms with Crippen LogP contribution in [0.3, 0.4) is 0 Å². The molecule has 3 rings (SSSR count). The molecule has 3 N–H and O–H groups in total. The first kappa shape index (κ1) is 23.0. The van der Waals surface area contributed by atoms with Crippen molar-refractivity contribution in [1.29, 1.82) is 0 Å². The molecule has 0 fully saturated rings. The molecule has 0 bridgehead atoms. The second-order valence-corrected chi connectivity index (χ2v) is 8.01. The van der Waals surface area contributed by atoms with Crippen molar-refractivity contribution in [1.82, 2.24) is 15.3 Å². The number of hydrogen-bond donors (Lipinski definition) is 3. The van der Waals surface area contributed by atoms with Crippen LogP contribution < -0.4 is 10.1 Å². The molecule has 168 valence electrons. The van der Waals surface area contributed by atoms with E-state index in [1.54, 1.807) is 18.5 Å². The van der Waals surface area contributed by atoms with Crippen LogP contribution >= 0.6 is 0 Å². The maximum atomic E-state index is 14.1. The number of aryl methyl sites for hydroxylation is 1. The van der Waals surface area contributed by atoms with Gasteiger partial charge >= 0.3 is 0 Å². The van der Waals surface area contributed by atoms with E-state index in [-0.39, 0.29) is 17.9 Å². The van der Waals surface area contributed by atoms with Crippen LogP contribution in [0.4, 0.5) is 17.6 Å². The highest BCUT2D eigenvalue weighted by Crippen LogP contribution is 2.40. The van der Waals surface area contributed by atoms with Gasteiger partial charge in [0.2, 0.25) is 0 Å². The van der Waals surface area contributed by atoms with Crippen LogP contribution in [0.2, 0.25) is 0 Å². The lowest BCUT2D eigenvalue weighted by Crippen LogP contribution is -2.55. The zero-order valence-corrected chi connectivity index (χ0v) is 17.5. The van der Waals surface area contributed by atoms with Gasteiger partial charge in [-0.05, 0) is 36.8 Å². The molecule has 1 aromatic carbocycles. The topological polar surface area (TPSA) is 70.2 Å². The molecular weight excluding hydrogens is 414 g/mol. The lowest BCUT2D eigenvalue weighted by molar-refractivity contribution is -0.136.